The molecule has 1 aromatic carbocycles. The van der Waals surface area contributed by atoms with Gasteiger partial charge in [-0.3, -0.25) is 4.79 Å². The Morgan fingerprint density at radius 2 is 2.28 bits per heavy atom. The standard InChI is InChI=1S/C19H19N3O2S/c1-14-21-16(13-25-14)12-24-18-5-3-2-4-15(18)6-9-19(23)22(11-10-20)17-7-8-17/h2-6,9,13,17H,7-8,11-12H2,1H3/b9-6+. The van der Waals surface area contributed by atoms with Gasteiger partial charge in [-0.25, -0.2) is 4.98 Å². The second-order valence-electron chi connectivity index (χ2n) is 5.87. The molecule has 5 nitrogen and oxygen atoms in total. The van der Waals surface area contributed by atoms with Crippen molar-refractivity contribution >= 4 is 23.3 Å². The first-order valence-corrected chi connectivity index (χ1v) is 9.04. The second kappa shape index (κ2) is 7.95. The lowest BCUT2D eigenvalue weighted by Crippen LogP contribution is -2.31. The summed E-state index contributed by atoms with van der Waals surface area (Å²) in [6, 6.07) is 9.85. The number of amides is 1. The SMILES string of the molecule is Cc1nc(COc2ccccc2/C=C/C(=O)N(CC#N)C2CC2)cs1. The Labute approximate surface area is 151 Å². The van der Waals surface area contributed by atoms with Gasteiger partial charge in [0.1, 0.15) is 18.9 Å². The normalized spacial score (nSPS) is 13.6. The number of aromatic nitrogens is 1. The van der Waals surface area contributed by atoms with Crippen LogP contribution in [0.3, 0.4) is 0 Å². The molecule has 0 bridgehead atoms. The molecular weight excluding hydrogens is 334 g/mol. The quantitative estimate of drug-likeness (QED) is 0.564. The van der Waals surface area contributed by atoms with Gasteiger partial charge in [0.15, 0.2) is 0 Å². The predicted molar refractivity (Wildman–Crippen MR) is 97.0 cm³/mol. The molecule has 0 spiro atoms. The summed E-state index contributed by atoms with van der Waals surface area (Å²) in [6.45, 7) is 2.49. The fraction of sp³-hybridized carbons (Fsp3) is 0.316. The monoisotopic (exact) mass is 353 g/mol. The van der Waals surface area contributed by atoms with Gasteiger partial charge in [0.25, 0.3) is 0 Å². The first-order chi connectivity index (χ1) is 12.2. The van der Waals surface area contributed by atoms with Gasteiger partial charge in [-0.15, -0.1) is 11.3 Å². The first-order valence-electron chi connectivity index (χ1n) is 8.16. The van der Waals surface area contributed by atoms with Gasteiger partial charge in [-0.2, -0.15) is 5.26 Å². The minimum Gasteiger partial charge on any atom is -0.487 e. The van der Waals surface area contributed by atoms with E-state index in [9.17, 15) is 4.79 Å². The van der Waals surface area contributed by atoms with Crippen molar-refractivity contribution in [1.82, 2.24) is 9.88 Å². The highest BCUT2D eigenvalue weighted by molar-refractivity contribution is 7.09. The molecule has 0 radical (unpaired) electrons. The summed E-state index contributed by atoms with van der Waals surface area (Å²) < 4.78 is 5.85. The third kappa shape index (κ3) is 4.68. The van der Waals surface area contributed by atoms with Crippen LogP contribution in [0.4, 0.5) is 0 Å². The van der Waals surface area contributed by atoms with Crippen molar-refractivity contribution in [3.8, 4) is 11.8 Å². The van der Waals surface area contributed by atoms with E-state index < -0.39 is 0 Å². The fourth-order valence-electron chi connectivity index (χ4n) is 2.48. The van der Waals surface area contributed by atoms with Crippen LogP contribution in [0.25, 0.3) is 6.08 Å². The van der Waals surface area contributed by atoms with Crippen molar-refractivity contribution in [2.45, 2.75) is 32.4 Å². The number of ether oxygens (including phenoxy) is 1. The molecule has 3 rings (SSSR count). The fourth-order valence-corrected chi connectivity index (χ4v) is 3.08. The Kier molecular flexibility index (Phi) is 5.46. The highest BCUT2D eigenvalue weighted by atomic mass is 32.1. The van der Waals surface area contributed by atoms with E-state index in [2.05, 4.69) is 11.1 Å². The van der Waals surface area contributed by atoms with Crippen LogP contribution in [-0.4, -0.2) is 28.4 Å². The number of hydrogen-bond acceptors (Lipinski definition) is 5. The average Bonchev–Trinajstić information content (AvgIpc) is 3.37. The molecule has 1 aliphatic rings. The van der Waals surface area contributed by atoms with Crippen LogP contribution < -0.4 is 4.74 Å². The molecule has 1 heterocycles. The molecule has 6 heteroatoms. The first kappa shape index (κ1) is 17.2. The van der Waals surface area contributed by atoms with Crippen molar-refractivity contribution < 1.29 is 9.53 Å². The maximum Gasteiger partial charge on any atom is 0.247 e. The minimum atomic E-state index is -0.131. The highest BCUT2D eigenvalue weighted by Crippen LogP contribution is 2.27. The number of carbonyl (C=O) groups excluding carboxylic acids is 1. The van der Waals surface area contributed by atoms with Crippen LogP contribution in [0.5, 0.6) is 5.75 Å². The summed E-state index contributed by atoms with van der Waals surface area (Å²) >= 11 is 1.59. The topological polar surface area (TPSA) is 66.2 Å². The van der Waals surface area contributed by atoms with E-state index in [-0.39, 0.29) is 18.5 Å². The molecule has 128 valence electrons. The summed E-state index contributed by atoms with van der Waals surface area (Å²) in [5.74, 6) is 0.574. The van der Waals surface area contributed by atoms with Crippen LogP contribution in [0.1, 0.15) is 29.1 Å². The maximum atomic E-state index is 12.3. The van der Waals surface area contributed by atoms with Gasteiger partial charge >= 0.3 is 0 Å². The number of aryl methyl sites for hydroxylation is 1. The summed E-state index contributed by atoms with van der Waals surface area (Å²) in [7, 11) is 0. The number of nitrogens with zero attached hydrogens (tertiary/aromatic N) is 3. The molecule has 0 unspecified atom stereocenters. The number of para-hydroxylation sites is 1. The van der Waals surface area contributed by atoms with Gasteiger partial charge in [-0.1, -0.05) is 18.2 Å². The lowest BCUT2D eigenvalue weighted by Gasteiger charge is -2.16. The van der Waals surface area contributed by atoms with E-state index >= 15 is 0 Å². The van der Waals surface area contributed by atoms with Crippen molar-refractivity contribution in [3.05, 3.63) is 52.0 Å². The largest absolute Gasteiger partial charge is 0.487 e. The van der Waals surface area contributed by atoms with Crippen LogP contribution in [0.15, 0.2) is 35.7 Å². The zero-order valence-corrected chi connectivity index (χ0v) is 14.8. The molecule has 0 atom stereocenters. The van der Waals surface area contributed by atoms with Gasteiger partial charge in [0.05, 0.1) is 16.8 Å². The Bertz CT molecular complexity index is 818. The van der Waals surface area contributed by atoms with Crippen LogP contribution >= 0.6 is 11.3 Å². The summed E-state index contributed by atoms with van der Waals surface area (Å²) in [4.78, 5) is 18.3. The van der Waals surface area contributed by atoms with E-state index in [1.165, 1.54) is 6.08 Å². The van der Waals surface area contributed by atoms with Crippen molar-refractivity contribution in [1.29, 1.82) is 5.26 Å². The lowest BCUT2D eigenvalue weighted by molar-refractivity contribution is -0.125. The average molecular weight is 353 g/mol. The highest BCUT2D eigenvalue weighted by Gasteiger charge is 2.31. The van der Waals surface area contributed by atoms with Crippen molar-refractivity contribution in [3.63, 3.8) is 0 Å². The molecule has 0 N–H and O–H groups in total. The lowest BCUT2D eigenvalue weighted by atomic mass is 10.2. The zero-order valence-electron chi connectivity index (χ0n) is 14.0. The molecule has 1 aromatic heterocycles. The number of thiazole rings is 1. The van der Waals surface area contributed by atoms with E-state index in [0.29, 0.717) is 12.4 Å². The van der Waals surface area contributed by atoms with Gasteiger partial charge in [0, 0.05) is 23.1 Å². The number of carbonyl (C=O) groups is 1. The predicted octanol–water partition coefficient (Wildman–Crippen LogP) is 3.56. The number of benzene rings is 1. The smallest absolute Gasteiger partial charge is 0.247 e. The molecule has 2 aromatic rings. The molecular formula is C19H19N3O2S. The van der Waals surface area contributed by atoms with E-state index in [4.69, 9.17) is 10.00 Å². The molecule has 1 saturated carbocycles. The third-order valence-electron chi connectivity index (χ3n) is 3.88. The van der Waals surface area contributed by atoms with Crippen LogP contribution in [0.2, 0.25) is 0 Å². The van der Waals surface area contributed by atoms with Crippen LogP contribution in [-0.2, 0) is 11.4 Å². The van der Waals surface area contributed by atoms with Gasteiger partial charge in [-0.05, 0) is 31.9 Å². The van der Waals surface area contributed by atoms with Gasteiger partial charge in [0.2, 0.25) is 5.91 Å². The third-order valence-corrected chi connectivity index (χ3v) is 4.70. The number of nitriles is 1. The van der Waals surface area contributed by atoms with Crippen LogP contribution in [0, 0.1) is 18.3 Å². The maximum absolute atomic E-state index is 12.3. The molecule has 1 fully saturated rings. The van der Waals surface area contributed by atoms with E-state index in [0.717, 1.165) is 29.1 Å². The Balaban J connectivity index is 1.67. The number of hydrogen-bond donors (Lipinski definition) is 0. The Morgan fingerprint density at radius 3 is 2.96 bits per heavy atom. The molecule has 25 heavy (non-hydrogen) atoms. The van der Waals surface area contributed by atoms with Gasteiger partial charge < -0.3 is 9.64 Å². The second-order valence-corrected chi connectivity index (χ2v) is 6.94. The zero-order chi connectivity index (χ0) is 17.6. The van der Waals surface area contributed by atoms with Crippen molar-refractivity contribution in [2.24, 2.45) is 0 Å². The van der Waals surface area contributed by atoms with Crippen molar-refractivity contribution in [2.75, 3.05) is 6.54 Å². The summed E-state index contributed by atoms with van der Waals surface area (Å²) in [5.41, 5.74) is 1.72. The minimum absolute atomic E-state index is 0.131. The summed E-state index contributed by atoms with van der Waals surface area (Å²) in [6.07, 6.45) is 5.23. The number of rotatable bonds is 7. The van der Waals surface area contributed by atoms with E-state index in [1.54, 1.807) is 22.3 Å². The molecule has 0 saturated heterocycles. The molecule has 1 aliphatic carbocycles. The van der Waals surface area contributed by atoms with E-state index in [1.807, 2.05) is 36.6 Å². The molecule has 1 amide bonds. The molecule has 0 aliphatic heterocycles. The summed E-state index contributed by atoms with van der Waals surface area (Å²) in [5, 5.41) is 11.9. The Hall–Kier alpha value is -2.65. The Morgan fingerprint density at radius 1 is 1.48 bits per heavy atom.